The molecule has 0 unspecified atom stereocenters. The van der Waals surface area contributed by atoms with Gasteiger partial charge in [-0.3, -0.25) is 4.90 Å². The van der Waals surface area contributed by atoms with Crippen LogP contribution in [0, 0.1) is 18.2 Å². The first-order valence-electron chi connectivity index (χ1n) is 10.8. The highest BCUT2D eigenvalue weighted by Gasteiger charge is 2.19. The van der Waals surface area contributed by atoms with Gasteiger partial charge in [0.25, 0.3) is 0 Å². The van der Waals surface area contributed by atoms with Gasteiger partial charge in [-0.2, -0.15) is 0 Å². The first kappa shape index (κ1) is 23.3. The van der Waals surface area contributed by atoms with E-state index >= 15 is 0 Å². The Morgan fingerprint density at radius 3 is 2.73 bits per heavy atom. The number of hydrogen-bond acceptors (Lipinski definition) is 6. The Balaban J connectivity index is 1.79. The molecule has 1 saturated heterocycles. The van der Waals surface area contributed by atoms with E-state index in [1.807, 2.05) is 13.0 Å². The van der Waals surface area contributed by atoms with Gasteiger partial charge in [-0.15, -0.1) is 5.10 Å². The molecule has 1 aliphatic heterocycles. The van der Waals surface area contributed by atoms with Crippen LogP contribution >= 0.6 is 11.6 Å². The number of morpholine rings is 1. The Morgan fingerprint density at radius 2 is 2.03 bits per heavy atom. The number of nitrogens with zero attached hydrogens (tertiary/aromatic N) is 5. The Labute approximate surface area is 196 Å². The number of ether oxygens (including phenoxy) is 1. The lowest BCUT2D eigenvalue weighted by molar-refractivity contribution is 0.0343. The lowest BCUT2D eigenvalue weighted by atomic mass is 10.1. The Morgan fingerprint density at radius 1 is 1.27 bits per heavy atom. The highest BCUT2D eigenvalue weighted by molar-refractivity contribution is 6.30. The van der Waals surface area contributed by atoms with E-state index in [-0.39, 0.29) is 12.2 Å². The maximum absolute atomic E-state index is 14.5. The first-order chi connectivity index (χ1) is 15.8. The van der Waals surface area contributed by atoms with Crippen LogP contribution in [-0.4, -0.2) is 57.3 Å². The average molecular weight is 472 g/mol. The molecule has 0 aliphatic carbocycles. The lowest BCUT2D eigenvalue weighted by Crippen LogP contribution is -2.35. The molecule has 33 heavy (non-hydrogen) atoms. The zero-order chi connectivity index (χ0) is 23.5. The molecule has 0 radical (unpaired) electrons. The number of aliphatic imine (C=N–C) groups is 1. The number of hydrogen-bond donors (Lipinski definition) is 2. The summed E-state index contributed by atoms with van der Waals surface area (Å²) >= 11 is 5.92. The summed E-state index contributed by atoms with van der Waals surface area (Å²) in [6, 6.07) is 6.54. The number of aromatic nitrogens is 3. The third-order valence-corrected chi connectivity index (χ3v) is 5.75. The smallest absolute Gasteiger partial charge is 0.174 e. The molecule has 1 fully saturated rings. The van der Waals surface area contributed by atoms with Crippen molar-refractivity contribution < 1.29 is 9.13 Å². The van der Waals surface area contributed by atoms with E-state index in [0.717, 1.165) is 30.0 Å². The predicted octanol–water partition coefficient (Wildman–Crippen LogP) is 3.67. The largest absolute Gasteiger partial charge is 0.387 e. The maximum Gasteiger partial charge on any atom is 0.174 e. The van der Waals surface area contributed by atoms with Gasteiger partial charge in [-0.25, -0.2) is 18.9 Å². The fourth-order valence-electron chi connectivity index (χ4n) is 3.90. The minimum Gasteiger partial charge on any atom is -0.387 e. The third-order valence-electron chi connectivity index (χ3n) is 5.52. The van der Waals surface area contributed by atoms with Crippen molar-refractivity contribution >= 4 is 34.6 Å². The van der Waals surface area contributed by atoms with Crippen molar-refractivity contribution in [3.8, 4) is 0 Å². The van der Waals surface area contributed by atoms with E-state index in [9.17, 15) is 4.39 Å². The summed E-state index contributed by atoms with van der Waals surface area (Å²) in [5.74, 6) is 0.374. The average Bonchev–Trinajstić information content (AvgIpc) is 3.06. The molecule has 10 heteroatoms. The van der Waals surface area contributed by atoms with Crippen molar-refractivity contribution in [2.24, 2.45) is 10.7 Å². The Kier molecular flexibility index (Phi) is 7.02. The van der Waals surface area contributed by atoms with Gasteiger partial charge in [0.2, 0.25) is 0 Å². The van der Waals surface area contributed by atoms with Gasteiger partial charge in [0.1, 0.15) is 11.7 Å². The standard InChI is InChI=1S/C23H27ClFN7O/c1-14(26)9-21(27)29-22-11-17(13-31-5-7-33-8-6-31)23-28-15(2)20(32(23)30-22)10-16-3-4-18(24)12-19(16)25/h3-4,11-12,26H,5-10,13H2,1-2H3,(H2,27,29,30). The van der Waals surface area contributed by atoms with Gasteiger partial charge in [-0.05, 0) is 37.6 Å². The van der Waals surface area contributed by atoms with Crippen molar-refractivity contribution in [3.05, 3.63) is 57.6 Å². The van der Waals surface area contributed by atoms with E-state index in [0.29, 0.717) is 59.8 Å². The number of nitrogens with two attached hydrogens (primary N) is 1. The molecule has 0 atom stereocenters. The van der Waals surface area contributed by atoms with Crippen LogP contribution in [0.5, 0.6) is 0 Å². The number of rotatable bonds is 7. The molecular weight excluding hydrogens is 445 g/mol. The van der Waals surface area contributed by atoms with Crippen LogP contribution < -0.4 is 5.73 Å². The predicted molar refractivity (Wildman–Crippen MR) is 127 cm³/mol. The Hall–Kier alpha value is -2.88. The number of nitrogens with one attached hydrogen (secondary N) is 1. The normalized spacial score (nSPS) is 15.3. The second kappa shape index (κ2) is 9.94. The van der Waals surface area contributed by atoms with Gasteiger partial charge in [0.05, 0.1) is 24.6 Å². The second-order valence-corrected chi connectivity index (χ2v) is 8.70. The van der Waals surface area contributed by atoms with Gasteiger partial charge in [0, 0.05) is 48.8 Å². The number of benzene rings is 1. The van der Waals surface area contributed by atoms with Gasteiger partial charge < -0.3 is 15.9 Å². The number of amidine groups is 1. The quantitative estimate of drug-likeness (QED) is 0.404. The molecule has 174 valence electrons. The summed E-state index contributed by atoms with van der Waals surface area (Å²) < 4.78 is 21.7. The maximum atomic E-state index is 14.5. The molecule has 1 aromatic carbocycles. The minimum absolute atomic E-state index is 0.268. The minimum atomic E-state index is -0.370. The summed E-state index contributed by atoms with van der Waals surface area (Å²) in [6.07, 6.45) is 0.576. The highest BCUT2D eigenvalue weighted by Crippen LogP contribution is 2.25. The highest BCUT2D eigenvalue weighted by atomic mass is 35.5. The van der Waals surface area contributed by atoms with Crippen LogP contribution in [0.4, 0.5) is 10.2 Å². The van der Waals surface area contributed by atoms with Crippen molar-refractivity contribution in [2.75, 3.05) is 26.3 Å². The zero-order valence-corrected chi connectivity index (χ0v) is 19.5. The van der Waals surface area contributed by atoms with E-state index < -0.39 is 0 Å². The summed E-state index contributed by atoms with van der Waals surface area (Å²) in [5, 5.41) is 12.7. The van der Waals surface area contributed by atoms with Crippen molar-refractivity contribution in [1.82, 2.24) is 19.5 Å². The molecule has 4 rings (SSSR count). The first-order valence-corrected chi connectivity index (χ1v) is 11.2. The third kappa shape index (κ3) is 5.55. The molecular formula is C23H27ClFN7O. The van der Waals surface area contributed by atoms with Crippen molar-refractivity contribution in [1.29, 1.82) is 5.41 Å². The number of fused-ring (bicyclic) bond motifs is 1. The summed E-state index contributed by atoms with van der Waals surface area (Å²) in [5.41, 5.74) is 10.2. The molecule has 0 bridgehead atoms. The van der Waals surface area contributed by atoms with Crippen molar-refractivity contribution in [3.63, 3.8) is 0 Å². The Bertz CT molecular complexity index is 1220. The molecule has 0 saturated carbocycles. The van der Waals surface area contributed by atoms with Crippen LogP contribution in [0.1, 0.15) is 35.9 Å². The van der Waals surface area contributed by atoms with Gasteiger partial charge in [0.15, 0.2) is 11.5 Å². The van der Waals surface area contributed by atoms with Crippen LogP contribution in [-0.2, 0) is 17.7 Å². The van der Waals surface area contributed by atoms with Crippen molar-refractivity contribution in [2.45, 2.75) is 33.2 Å². The van der Waals surface area contributed by atoms with Gasteiger partial charge in [-0.1, -0.05) is 17.7 Å². The number of imidazole rings is 1. The number of aryl methyl sites for hydroxylation is 1. The van der Waals surface area contributed by atoms with Crippen LogP contribution in [0.25, 0.3) is 5.65 Å². The van der Waals surface area contributed by atoms with E-state index in [4.69, 9.17) is 32.5 Å². The second-order valence-electron chi connectivity index (χ2n) is 8.27. The summed E-state index contributed by atoms with van der Waals surface area (Å²) in [6.45, 7) is 7.26. The molecule has 0 spiro atoms. The zero-order valence-electron chi connectivity index (χ0n) is 18.7. The molecule has 2 aromatic heterocycles. The molecule has 3 aromatic rings. The van der Waals surface area contributed by atoms with E-state index in [2.05, 4.69) is 15.0 Å². The SMILES string of the molecule is CC(=N)CC(N)=Nc1cc(CN2CCOCC2)c2nc(C)c(Cc3ccc(Cl)cc3F)n2n1. The molecule has 0 amide bonds. The molecule has 3 N–H and O–H groups in total. The molecule has 1 aliphatic rings. The summed E-state index contributed by atoms with van der Waals surface area (Å²) in [7, 11) is 0. The molecule has 3 heterocycles. The van der Waals surface area contributed by atoms with E-state index in [1.165, 1.54) is 6.07 Å². The van der Waals surface area contributed by atoms with E-state index in [1.54, 1.807) is 23.6 Å². The van der Waals surface area contributed by atoms with Crippen LogP contribution in [0.2, 0.25) is 5.02 Å². The number of halogens is 2. The fourth-order valence-corrected chi connectivity index (χ4v) is 4.06. The topological polar surface area (TPSA) is 105 Å². The van der Waals surface area contributed by atoms with Crippen LogP contribution in [0.3, 0.4) is 0 Å². The monoisotopic (exact) mass is 471 g/mol. The molecule has 8 nitrogen and oxygen atoms in total. The summed E-state index contributed by atoms with van der Waals surface area (Å²) in [4.78, 5) is 11.5. The van der Waals surface area contributed by atoms with Gasteiger partial charge >= 0.3 is 0 Å². The van der Waals surface area contributed by atoms with Crippen LogP contribution in [0.15, 0.2) is 29.3 Å². The lowest BCUT2D eigenvalue weighted by Gasteiger charge is -2.26. The fraction of sp³-hybridized carbons (Fsp3) is 0.391.